The normalized spacial score (nSPS) is 10.5. The van der Waals surface area contributed by atoms with Crippen molar-refractivity contribution >= 4 is 6.03 Å². The molecule has 3 nitrogen and oxygen atoms in total. The summed E-state index contributed by atoms with van der Waals surface area (Å²) in [5, 5.41) is 2.62. The second kappa shape index (κ2) is 7.17. The Balaban J connectivity index is 1.93. The number of carbonyl (C=O) groups is 1. The first-order valence-electron chi connectivity index (χ1n) is 7.04. The van der Waals surface area contributed by atoms with Gasteiger partial charge in [-0.1, -0.05) is 18.2 Å². The van der Waals surface area contributed by atoms with E-state index < -0.39 is 17.7 Å². The Morgan fingerprint density at radius 1 is 1.09 bits per heavy atom. The van der Waals surface area contributed by atoms with Gasteiger partial charge in [-0.15, -0.1) is 0 Å². The van der Waals surface area contributed by atoms with E-state index in [2.05, 4.69) is 5.32 Å². The highest BCUT2D eigenvalue weighted by Gasteiger charge is 2.12. The first kappa shape index (κ1) is 16.9. The molecule has 23 heavy (non-hydrogen) atoms. The maximum Gasteiger partial charge on any atom is 0.317 e. The second-order valence-electron chi connectivity index (χ2n) is 5.33. The minimum Gasteiger partial charge on any atom is -0.334 e. The first-order chi connectivity index (χ1) is 10.9. The zero-order valence-electron chi connectivity index (χ0n) is 12.9. The van der Waals surface area contributed by atoms with Crippen LogP contribution in [0.15, 0.2) is 36.4 Å². The quantitative estimate of drug-likeness (QED) is 0.913. The number of urea groups is 1. The summed E-state index contributed by atoms with van der Waals surface area (Å²) in [7, 11) is 1.49. The van der Waals surface area contributed by atoms with Gasteiger partial charge < -0.3 is 10.2 Å². The summed E-state index contributed by atoms with van der Waals surface area (Å²) in [6.45, 7) is 1.81. The lowest BCUT2D eigenvalue weighted by Gasteiger charge is -2.18. The third-order valence-electron chi connectivity index (χ3n) is 3.45. The number of carbonyl (C=O) groups excluding carboxylic acids is 1. The van der Waals surface area contributed by atoms with E-state index in [-0.39, 0.29) is 24.5 Å². The Morgan fingerprint density at radius 3 is 2.48 bits per heavy atom. The summed E-state index contributed by atoms with van der Waals surface area (Å²) in [6, 6.07) is 7.48. The van der Waals surface area contributed by atoms with Gasteiger partial charge in [-0.25, -0.2) is 18.0 Å². The predicted octanol–water partition coefficient (Wildman–Crippen LogP) is 3.75. The summed E-state index contributed by atoms with van der Waals surface area (Å²) in [5.74, 6) is -1.71. The molecular weight excluding hydrogens is 305 g/mol. The molecule has 2 aromatic carbocycles. The zero-order valence-corrected chi connectivity index (χ0v) is 12.9. The zero-order chi connectivity index (χ0) is 17.0. The average Bonchev–Trinajstić information content (AvgIpc) is 2.50. The lowest BCUT2D eigenvalue weighted by molar-refractivity contribution is 0.206. The van der Waals surface area contributed by atoms with Crippen molar-refractivity contribution in [1.82, 2.24) is 10.2 Å². The molecule has 0 aliphatic carbocycles. The monoisotopic (exact) mass is 322 g/mol. The number of amides is 2. The maximum absolute atomic E-state index is 13.6. The molecule has 0 atom stereocenters. The van der Waals surface area contributed by atoms with Crippen LogP contribution in [0, 0.1) is 24.4 Å². The van der Waals surface area contributed by atoms with Crippen molar-refractivity contribution in [2.75, 3.05) is 7.05 Å². The number of hydrogen-bond donors (Lipinski definition) is 1. The van der Waals surface area contributed by atoms with Crippen LogP contribution >= 0.6 is 0 Å². The number of halogens is 3. The van der Waals surface area contributed by atoms with E-state index in [9.17, 15) is 18.0 Å². The third-order valence-corrected chi connectivity index (χ3v) is 3.45. The number of rotatable bonds is 4. The Bertz CT molecular complexity index is 719. The smallest absolute Gasteiger partial charge is 0.317 e. The molecule has 0 saturated carbocycles. The van der Waals surface area contributed by atoms with E-state index in [4.69, 9.17) is 0 Å². The number of hydrogen-bond acceptors (Lipinski definition) is 1. The summed E-state index contributed by atoms with van der Waals surface area (Å²) in [6.07, 6.45) is 0. The number of nitrogens with one attached hydrogen (secondary N) is 1. The van der Waals surface area contributed by atoms with E-state index >= 15 is 0 Å². The molecule has 0 heterocycles. The first-order valence-corrected chi connectivity index (χ1v) is 7.04. The van der Waals surface area contributed by atoms with E-state index in [0.717, 1.165) is 12.1 Å². The van der Waals surface area contributed by atoms with Crippen LogP contribution in [0.3, 0.4) is 0 Å². The van der Waals surface area contributed by atoms with E-state index in [1.165, 1.54) is 24.1 Å². The van der Waals surface area contributed by atoms with E-state index in [1.807, 2.05) is 0 Å². The van der Waals surface area contributed by atoms with Crippen LogP contribution in [0.1, 0.15) is 16.7 Å². The molecule has 0 radical (unpaired) electrons. The molecule has 0 aliphatic rings. The highest BCUT2D eigenvalue weighted by atomic mass is 19.1. The van der Waals surface area contributed by atoms with Gasteiger partial charge in [0, 0.05) is 31.8 Å². The summed E-state index contributed by atoms with van der Waals surface area (Å²) in [4.78, 5) is 13.2. The SMILES string of the molecule is Cc1ccc(CNC(=O)N(C)Cc2ccc(F)cc2F)cc1F. The average molecular weight is 322 g/mol. The molecule has 0 saturated heterocycles. The fraction of sp³-hybridized carbons (Fsp3) is 0.235. The van der Waals surface area contributed by atoms with Crippen molar-refractivity contribution in [3.05, 3.63) is 70.5 Å². The van der Waals surface area contributed by atoms with Crippen molar-refractivity contribution in [1.29, 1.82) is 0 Å². The van der Waals surface area contributed by atoms with Gasteiger partial charge in [-0.3, -0.25) is 0 Å². The van der Waals surface area contributed by atoms with Gasteiger partial charge in [-0.2, -0.15) is 0 Å². The standard InChI is InChI=1S/C17H17F3N2O/c1-11-3-4-12(7-15(11)19)9-21-17(23)22(2)10-13-5-6-14(18)8-16(13)20/h3-8H,9-10H2,1-2H3,(H,21,23). The van der Waals surface area contributed by atoms with Crippen LogP contribution in [0.25, 0.3) is 0 Å². The van der Waals surface area contributed by atoms with E-state index in [0.29, 0.717) is 11.1 Å². The molecule has 2 amide bonds. The molecule has 0 fully saturated rings. The number of nitrogens with zero attached hydrogens (tertiary/aromatic N) is 1. The molecule has 122 valence electrons. The molecule has 6 heteroatoms. The second-order valence-corrected chi connectivity index (χ2v) is 5.33. The molecule has 2 rings (SSSR count). The van der Waals surface area contributed by atoms with Crippen molar-refractivity contribution in [2.24, 2.45) is 0 Å². The highest BCUT2D eigenvalue weighted by Crippen LogP contribution is 2.12. The van der Waals surface area contributed by atoms with Gasteiger partial charge in [0.2, 0.25) is 0 Å². The molecular formula is C17H17F3N2O. The summed E-state index contributed by atoms with van der Waals surface area (Å²) in [5.41, 5.74) is 1.37. The van der Waals surface area contributed by atoms with Crippen LogP contribution in [0.4, 0.5) is 18.0 Å². The van der Waals surface area contributed by atoms with Crippen LogP contribution in [0.5, 0.6) is 0 Å². The van der Waals surface area contributed by atoms with Gasteiger partial charge in [0.1, 0.15) is 17.5 Å². The van der Waals surface area contributed by atoms with Crippen molar-refractivity contribution in [2.45, 2.75) is 20.0 Å². The van der Waals surface area contributed by atoms with Crippen LogP contribution in [0.2, 0.25) is 0 Å². The molecule has 1 N–H and O–H groups in total. The predicted molar refractivity (Wildman–Crippen MR) is 81.2 cm³/mol. The van der Waals surface area contributed by atoms with Gasteiger partial charge in [0.25, 0.3) is 0 Å². The third kappa shape index (κ3) is 4.48. The van der Waals surface area contributed by atoms with Crippen molar-refractivity contribution < 1.29 is 18.0 Å². The lowest BCUT2D eigenvalue weighted by Crippen LogP contribution is -2.36. The highest BCUT2D eigenvalue weighted by molar-refractivity contribution is 5.73. The number of benzene rings is 2. The van der Waals surface area contributed by atoms with Crippen molar-refractivity contribution in [3.8, 4) is 0 Å². The summed E-state index contributed by atoms with van der Waals surface area (Å²) < 4.78 is 39.8. The van der Waals surface area contributed by atoms with E-state index in [1.54, 1.807) is 19.1 Å². The minimum absolute atomic E-state index is 0.000204. The van der Waals surface area contributed by atoms with Crippen LogP contribution in [-0.4, -0.2) is 18.0 Å². The largest absolute Gasteiger partial charge is 0.334 e. The van der Waals surface area contributed by atoms with Crippen molar-refractivity contribution in [3.63, 3.8) is 0 Å². The molecule has 2 aromatic rings. The van der Waals surface area contributed by atoms with Gasteiger partial charge in [-0.05, 0) is 30.2 Å². The fourth-order valence-corrected chi connectivity index (χ4v) is 2.04. The molecule has 0 aromatic heterocycles. The maximum atomic E-state index is 13.6. The Morgan fingerprint density at radius 2 is 1.83 bits per heavy atom. The molecule has 0 aliphatic heterocycles. The molecule has 0 bridgehead atoms. The minimum atomic E-state index is -0.703. The fourth-order valence-electron chi connectivity index (χ4n) is 2.04. The molecule has 0 spiro atoms. The Hall–Kier alpha value is -2.50. The lowest BCUT2D eigenvalue weighted by atomic mass is 10.1. The Kier molecular flexibility index (Phi) is 5.26. The van der Waals surface area contributed by atoms with Crippen LogP contribution < -0.4 is 5.32 Å². The van der Waals surface area contributed by atoms with Gasteiger partial charge in [0.15, 0.2) is 0 Å². The summed E-state index contributed by atoms with van der Waals surface area (Å²) >= 11 is 0. The van der Waals surface area contributed by atoms with Gasteiger partial charge in [0.05, 0.1) is 0 Å². The van der Waals surface area contributed by atoms with Crippen LogP contribution in [-0.2, 0) is 13.1 Å². The Labute approximate surface area is 132 Å². The molecule has 0 unspecified atom stereocenters. The topological polar surface area (TPSA) is 32.3 Å². The van der Waals surface area contributed by atoms with Gasteiger partial charge >= 0.3 is 6.03 Å². The number of aryl methyl sites for hydroxylation is 1.